The van der Waals surface area contributed by atoms with Gasteiger partial charge in [-0.05, 0) is 62.4 Å². The summed E-state index contributed by atoms with van der Waals surface area (Å²) in [7, 11) is -3.72. The first-order valence-electron chi connectivity index (χ1n) is 11.1. The molecule has 2 aromatic rings. The van der Waals surface area contributed by atoms with E-state index in [1.165, 1.54) is 31.2 Å². The number of carboxylic acids is 1. The third kappa shape index (κ3) is 6.21. The Balaban J connectivity index is 1.81. The van der Waals surface area contributed by atoms with Gasteiger partial charge < -0.3 is 20.3 Å². The van der Waals surface area contributed by atoms with Crippen molar-refractivity contribution in [1.29, 1.82) is 0 Å². The van der Waals surface area contributed by atoms with Gasteiger partial charge in [0, 0.05) is 11.8 Å². The number of hydrogen-bond donors (Lipinski definition) is 3. The molecule has 184 valence electrons. The minimum absolute atomic E-state index is 0.0209. The van der Waals surface area contributed by atoms with Crippen LogP contribution >= 0.6 is 11.6 Å². The number of anilines is 1. The SMILES string of the molecule is Cc1cc(NC(=O)C(C)C(=O)O)cc(Cl)c1Oc1ccc(O)c(S(=O)(=O)CC2CCCCC2)c1. The number of benzene rings is 2. The highest BCUT2D eigenvalue weighted by Gasteiger charge is 2.26. The zero-order chi connectivity index (χ0) is 25.0. The molecule has 1 aliphatic rings. The van der Waals surface area contributed by atoms with Crippen molar-refractivity contribution in [3.63, 3.8) is 0 Å². The molecule has 1 atom stereocenters. The van der Waals surface area contributed by atoms with Gasteiger partial charge in [-0.2, -0.15) is 0 Å². The van der Waals surface area contributed by atoms with E-state index in [1.807, 2.05) is 0 Å². The molecule has 3 N–H and O–H groups in total. The van der Waals surface area contributed by atoms with Gasteiger partial charge in [0.15, 0.2) is 9.84 Å². The van der Waals surface area contributed by atoms with Crippen molar-refractivity contribution in [3.8, 4) is 17.2 Å². The number of aliphatic carboxylic acids is 1. The van der Waals surface area contributed by atoms with Crippen LogP contribution in [-0.4, -0.2) is 36.3 Å². The quantitative estimate of drug-likeness (QED) is 0.419. The number of aromatic hydroxyl groups is 1. The number of carbonyl (C=O) groups is 2. The van der Waals surface area contributed by atoms with Crippen LogP contribution in [0.4, 0.5) is 5.69 Å². The number of sulfone groups is 1. The van der Waals surface area contributed by atoms with E-state index in [9.17, 15) is 23.1 Å². The van der Waals surface area contributed by atoms with E-state index in [1.54, 1.807) is 13.0 Å². The van der Waals surface area contributed by atoms with E-state index in [2.05, 4.69) is 5.32 Å². The van der Waals surface area contributed by atoms with Crippen molar-refractivity contribution in [2.75, 3.05) is 11.1 Å². The fourth-order valence-corrected chi connectivity index (χ4v) is 6.09. The van der Waals surface area contributed by atoms with E-state index in [4.69, 9.17) is 21.4 Å². The van der Waals surface area contributed by atoms with Crippen molar-refractivity contribution in [2.24, 2.45) is 11.8 Å². The van der Waals surface area contributed by atoms with E-state index >= 15 is 0 Å². The predicted molar refractivity (Wildman–Crippen MR) is 128 cm³/mol. The summed E-state index contributed by atoms with van der Waals surface area (Å²) < 4.78 is 31.8. The number of carboxylic acid groups (broad SMARTS) is 1. The second-order valence-electron chi connectivity index (χ2n) is 8.67. The number of phenolic OH excluding ortho intramolecular Hbond substituents is 1. The van der Waals surface area contributed by atoms with E-state index < -0.39 is 27.6 Å². The predicted octanol–water partition coefficient (Wildman–Crippen LogP) is 5.16. The number of amides is 1. The molecule has 0 aliphatic heterocycles. The maximum Gasteiger partial charge on any atom is 0.315 e. The molecule has 8 nitrogen and oxygen atoms in total. The number of ether oxygens (including phenoxy) is 1. The Morgan fingerprint density at radius 2 is 1.85 bits per heavy atom. The molecule has 1 saturated carbocycles. The Labute approximate surface area is 203 Å². The van der Waals surface area contributed by atoms with Crippen molar-refractivity contribution in [3.05, 3.63) is 40.9 Å². The fraction of sp³-hybridized carbons (Fsp3) is 0.417. The molecule has 0 spiro atoms. The number of halogens is 1. The lowest BCUT2D eigenvalue weighted by molar-refractivity contribution is -0.144. The first-order chi connectivity index (χ1) is 16.0. The molecule has 34 heavy (non-hydrogen) atoms. The lowest BCUT2D eigenvalue weighted by atomic mass is 9.91. The minimum atomic E-state index is -3.72. The van der Waals surface area contributed by atoms with Gasteiger partial charge in [0.25, 0.3) is 0 Å². The fourth-order valence-electron chi connectivity index (χ4n) is 3.97. The Bertz CT molecular complexity index is 1170. The maximum atomic E-state index is 13.0. The third-order valence-electron chi connectivity index (χ3n) is 5.93. The van der Waals surface area contributed by atoms with Crippen molar-refractivity contribution >= 4 is 39.0 Å². The van der Waals surface area contributed by atoms with Crippen LogP contribution in [0.5, 0.6) is 17.2 Å². The molecular formula is C24H28ClNO7S. The summed E-state index contributed by atoms with van der Waals surface area (Å²) in [4.78, 5) is 22.8. The third-order valence-corrected chi connectivity index (χ3v) is 8.11. The molecular weight excluding hydrogens is 482 g/mol. The largest absolute Gasteiger partial charge is 0.507 e. The molecule has 0 aromatic heterocycles. The van der Waals surface area contributed by atoms with Crippen LogP contribution in [-0.2, 0) is 19.4 Å². The molecule has 1 aliphatic carbocycles. The second kappa shape index (κ2) is 10.7. The molecule has 0 saturated heterocycles. The normalized spacial score (nSPS) is 15.5. The summed E-state index contributed by atoms with van der Waals surface area (Å²) in [5.74, 6) is -3.03. The summed E-state index contributed by atoms with van der Waals surface area (Å²) in [6, 6.07) is 6.98. The smallest absolute Gasteiger partial charge is 0.315 e. The van der Waals surface area contributed by atoms with Crippen LogP contribution in [0.3, 0.4) is 0 Å². The number of nitrogens with one attached hydrogen (secondary N) is 1. The van der Waals surface area contributed by atoms with Gasteiger partial charge >= 0.3 is 5.97 Å². The van der Waals surface area contributed by atoms with Crippen LogP contribution in [0.2, 0.25) is 5.02 Å². The monoisotopic (exact) mass is 509 g/mol. The van der Waals surface area contributed by atoms with Crippen LogP contribution in [0.25, 0.3) is 0 Å². The van der Waals surface area contributed by atoms with Crippen molar-refractivity contribution in [2.45, 2.75) is 50.8 Å². The molecule has 1 unspecified atom stereocenters. The molecule has 0 heterocycles. The molecule has 3 rings (SSSR count). The van der Waals surface area contributed by atoms with Gasteiger partial charge in [-0.25, -0.2) is 8.42 Å². The molecule has 0 radical (unpaired) electrons. The van der Waals surface area contributed by atoms with Gasteiger partial charge in [0.1, 0.15) is 28.1 Å². The summed E-state index contributed by atoms with van der Waals surface area (Å²) in [5, 5.41) is 21.8. The molecule has 1 fully saturated rings. The van der Waals surface area contributed by atoms with Crippen LogP contribution in [0.1, 0.15) is 44.6 Å². The van der Waals surface area contributed by atoms with Gasteiger partial charge in [-0.3, -0.25) is 9.59 Å². The zero-order valence-corrected chi connectivity index (χ0v) is 20.6. The molecule has 1 amide bonds. The molecule has 10 heteroatoms. The van der Waals surface area contributed by atoms with Gasteiger partial charge in [0.05, 0.1) is 10.8 Å². The van der Waals surface area contributed by atoms with Gasteiger partial charge in [-0.1, -0.05) is 30.9 Å². The summed E-state index contributed by atoms with van der Waals surface area (Å²) >= 11 is 6.34. The highest BCUT2D eigenvalue weighted by molar-refractivity contribution is 7.91. The first kappa shape index (κ1) is 25.8. The minimum Gasteiger partial charge on any atom is -0.507 e. The summed E-state index contributed by atoms with van der Waals surface area (Å²) in [6.07, 6.45) is 4.86. The van der Waals surface area contributed by atoms with Crippen LogP contribution < -0.4 is 10.1 Å². The lowest BCUT2D eigenvalue weighted by Gasteiger charge is -2.21. The summed E-state index contributed by atoms with van der Waals surface area (Å²) in [6.45, 7) is 2.95. The van der Waals surface area contributed by atoms with E-state index in [0.717, 1.165) is 32.1 Å². The number of aryl methyl sites for hydroxylation is 1. The Kier molecular flexibility index (Phi) is 8.09. The first-order valence-corrected chi connectivity index (χ1v) is 13.1. The standard InChI is InChI=1S/C24H28ClNO7S/c1-14-10-17(26-23(28)15(2)24(29)30)11-19(25)22(14)33-18-8-9-20(27)21(12-18)34(31,32)13-16-6-4-3-5-7-16/h8-12,15-16,27H,3-7,13H2,1-2H3,(H,26,28)(H,29,30). The van der Waals surface area contributed by atoms with Crippen molar-refractivity contribution < 1.29 is 33.0 Å². The molecule has 2 aromatic carbocycles. The van der Waals surface area contributed by atoms with Gasteiger partial charge in [0.2, 0.25) is 5.91 Å². The number of hydrogen-bond acceptors (Lipinski definition) is 6. The zero-order valence-electron chi connectivity index (χ0n) is 19.0. The van der Waals surface area contributed by atoms with Crippen LogP contribution in [0, 0.1) is 18.8 Å². The Hall–Kier alpha value is -2.78. The molecule has 0 bridgehead atoms. The Morgan fingerprint density at radius 3 is 2.47 bits per heavy atom. The number of carbonyl (C=O) groups excluding carboxylic acids is 1. The number of phenols is 1. The topological polar surface area (TPSA) is 130 Å². The van der Waals surface area contributed by atoms with E-state index in [-0.39, 0.29) is 38.8 Å². The average Bonchev–Trinajstić information content (AvgIpc) is 2.77. The summed E-state index contributed by atoms with van der Waals surface area (Å²) in [5.41, 5.74) is 0.833. The lowest BCUT2D eigenvalue weighted by Crippen LogP contribution is -2.26. The highest BCUT2D eigenvalue weighted by Crippen LogP contribution is 2.38. The van der Waals surface area contributed by atoms with Crippen LogP contribution in [0.15, 0.2) is 35.2 Å². The van der Waals surface area contributed by atoms with E-state index in [0.29, 0.717) is 11.3 Å². The maximum absolute atomic E-state index is 13.0. The van der Waals surface area contributed by atoms with Gasteiger partial charge in [-0.15, -0.1) is 0 Å². The van der Waals surface area contributed by atoms with Crippen molar-refractivity contribution in [1.82, 2.24) is 0 Å². The Morgan fingerprint density at radius 1 is 1.18 bits per heavy atom. The second-order valence-corrected chi connectivity index (χ2v) is 11.1. The number of rotatable bonds is 8. The highest BCUT2D eigenvalue weighted by atomic mass is 35.5. The average molecular weight is 510 g/mol.